The number of benzene rings is 4. The van der Waals surface area contributed by atoms with Crippen LogP contribution in [0, 0.1) is 0 Å². The van der Waals surface area contributed by atoms with E-state index in [2.05, 4.69) is 48.5 Å². The zero-order valence-corrected chi connectivity index (χ0v) is 22.4. The van der Waals surface area contributed by atoms with E-state index in [0.29, 0.717) is 32.5 Å². The number of rotatable bonds is 9. The molecule has 0 aliphatic carbocycles. The van der Waals surface area contributed by atoms with Crippen molar-refractivity contribution in [2.24, 2.45) is 10.8 Å². The summed E-state index contributed by atoms with van der Waals surface area (Å²) in [5.74, 6) is 0.837. The Morgan fingerprint density at radius 3 is 2.32 bits per heavy atom. The average Bonchev–Trinajstić information content (AvgIpc) is 3.05. The fourth-order valence-corrected chi connectivity index (χ4v) is 4.74. The molecule has 0 saturated heterocycles. The summed E-state index contributed by atoms with van der Waals surface area (Å²) in [7, 11) is 1.67. The van der Waals surface area contributed by atoms with Gasteiger partial charge in [0, 0.05) is 12.1 Å². The standard InChI is InChI=1S/C31H32N4O2.ClH/c1-37-27-16-12-23(13-17-27)14-18-29-28-9-4-5-10-30(28)34(31(36)35(33-29)20-6-19-32)22-24-11-15-25-7-2-3-8-26(25)21-24;/h2-5,7-13,15-17,21H,6,14,18-20,22,32H2,1H3;1H. The van der Waals surface area contributed by atoms with Crippen molar-refractivity contribution in [2.75, 3.05) is 25.1 Å². The number of para-hydroxylation sites is 1. The number of ether oxygens (including phenoxy) is 1. The average molecular weight is 529 g/mol. The fourth-order valence-electron chi connectivity index (χ4n) is 4.74. The first-order chi connectivity index (χ1) is 18.2. The number of carbonyl (C=O) groups is 1. The Labute approximate surface area is 230 Å². The summed E-state index contributed by atoms with van der Waals surface area (Å²) < 4.78 is 5.29. The number of fused-ring (bicyclic) bond motifs is 2. The summed E-state index contributed by atoms with van der Waals surface area (Å²) in [5.41, 5.74) is 10.8. The second-order valence-corrected chi connectivity index (χ2v) is 9.23. The molecule has 7 heteroatoms. The molecule has 38 heavy (non-hydrogen) atoms. The van der Waals surface area contributed by atoms with Crippen LogP contribution in [0.3, 0.4) is 0 Å². The molecular weight excluding hydrogens is 496 g/mol. The summed E-state index contributed by atoms with van der Waals surface area (Å²) in [5, 5.41) is 8.84. The molecule has 0 fully saturated rings. The highest BCUT2D eigenvalue weighted by molar-refractivity contribution is 6.10. The van der Waals surface area contributed by atoms with Gasteiger partial charge in [0.2, 0.25) is 0 Å². The van der Waals surface area contributed by atoms with E-state index in [1.165, 1.54) is 10.9 Å². The lowest BCUT2D eigenvalue weighted by Crippen LogP contribution is -2.40. The van der Waals surface area contributed by atoms with Crippen LogP contribution in [0.1, 0.15) is 29.5 Å². The Kier molecular flexibility index (Phi) is 9.00. The number of nitrogens with two attached hydrogens (primary N) is 1. The molecule has 1 aliphatic heterocycles. The lowest BCUT2D eigenvalue weighted by Gasteiger charge is -2.26. The van der Waals surface area contributed by atoms with Crippen LogP contribution in [-0.2, 0) is 13.0 Å². The van der Waals surface area contributed by atoms with Crippen molar-refractivity contribution in [3.05, 3.63) is 108 Å². The van der Waals surface area contributed by atoms with Crippen LogP contribution in [0.4, 0.5) is 10.5 Å². The van der Waals surface area contributed by atoms with Gasteiger partial charge in [-0.1, -0.05) is 66.7 Å². The summed E-state index contributed by atoms with van der Waals surface area (Å²) >= 11 is 0. The second-order valence-electron chi connectivity index (χ2n) is 9.23. The Hall–Kier alpha value is -3.87. The summed E-state index contributed by atoms with van der Waals surface area (Å²) in [4.78, 5) is 15.7. The zero-order chi connectivity index (χ0) is 25.6. The molecule has 0 bridgehead atoms. The van der Waals surface area contributed by atoms with Gasteiger partial charge in [-0.3, -0.25) is 4.90 Å². The van der Waals surface area contributed by atoms with E-state index in [1.54, 1.807) is 12.1 Å². The lowest BCUT2D eigenvalue weighted by molar-refractivity contribution is 0.206. The van der Waals surface area contributed by atoms with Gasteiger partial charge in [0.15, 0.2) is 0 Å². The number of methoxy groups -OCH3 is 1. The van der Waals surface area contributed by atoms with Crippen molar-refractivity contribution in [3.63, 3.8) is 0 Å². The van der Waals surface area contributed by atoms with Crippen LogP contribution in [0.5, 0.6) is 5.75 Å². The van der Waals surface area contributed by atoms with Crippen molar-refractivity contribution in [3.8, 4) is 5.75 Å². The molecule has 0 saturated carbocycles. The Bertz CT molecular complexity index is 1420. The highest BCUT2D eigenvalue weighted by atomic mass is 35.5. The first-order valence-corrected chi connectivity index (χ1v) is 12.7. The number of hydrogen-bond acceptors (Lipinski definition) is 4. The minimum absolute atomic E-state index is 0. The number of anilines is 1. The normalized spacial score (nSPS) is 13.0. The molecule has 0 atom stereocenters. The molecule has 1 aliphatic rings. The zero-order valence-electron chi connectivity index (χ0n) is 21.5. The minimum Gasteiger partial charge on any atom is -0.497 e. The number of nitrogens with zero attached hydrogens (tertiary/aromatic N) is 3. The van der Waals surface area contributed by atoms with Crippen molar-refractivity contribution >= 4 is 40.6 Å². The number of hydrogen-bond donors (Lipinski definition) is 1. The van der Waals surface area contributed by atoms with E-state index in [9.17, 15) is 4.79 Å². The topological polar surface area (TPSA) is 71.2 Å². The van der Waals surface area contributed by atoms with Gasteiger partial charge in [0.05, 0.1) is 25.1 Å². The third-order valence-electron chi connectivity index (χ3n) is 6.74. The number of carbonyl (C=O) groups excluding carboxylic acids is 1. The minimum atomic E-state index is -0.131. The summed E-state index contributed by atoms with van der Waals surface area (Å²) in [6.07, 6.45) is 2.20. The molecule has 2 amide bonds. The van der Waals surface area contributed by atoms with Crippen LogP contribution in [-0.4, -0.2) is 37.0 Å². The van der Waals surface area contributed by atoms with Crippen molar-refractivity contribution < 1.29 is 9.53 Å². The predicted octanol–water partition coefficient (Wildman–Crippen LogP) is 6.40. The number of urea groups is 1. The smallest absolute Gasteiger partial charge is 0.345 e. The van der Waals surface area contributed by atoms with Gasteiger partial charge in [-0.05, 0) is 72.0 Å². The number of aryl methyl sites for hydroxylation is 1. The van der Waals surface area contributed by atoms with Gasteiger partial charge in [-0.2, -0.15) is 5.10 Å². The largest absolute Gasteiger partial charge is 0.497 e. The number of amides is 2. The molecule has 0 radical (unpaired) electrons. The Balaban J connectivity index is 0.00000336. The lowest BCUT2D eigenvalue weighted by atomic mass is 9.99. The molecule has 0 spiro atoms. The highest BCUT2D eigenvalue weighted by Gasteiger charge is 2.29. The Morgan fingerprint density at radius 1 is 0.842 bits per heavy atom. The van der Waals surface area contributed by atoms with E-state index in [0.717, 1.165) is 40.1 Å². The summed E-state index contributed by atoms with van der Waals surface area (Å²) in [6, 6.07) is 30.7. The van der Waals surface area contributed by atoms with Crippen LogP contribution in [0.2, 0.25) is 0 Å². The van der Waals surface area contributed by atoms with E-state index >= 15 is 0 Å². The van der Waals surface area contributed by atoms with Gasteiger partial charge < -0.3 is 10.5 Å². The van der Waals surface area contributed by atoms with Gasteiger partial charge in [-0.15, -0.1) is 12.4 Å². The maximum atomic E-state index is 13.9. The monoisotopic (exact) mass is 528 g/mol. The van der Waals surface area contributed by atoms with Crippen molar-refractivity contribution in [2.45, 2.75) is 25.8 Å². The van der Waals surface area contributed by atoms with Crippen molar-refractivity contribution in [1.29, 1.82) is 0 Å². The van der Waals surface area contributed by atoms with E-state index in [4.69, 9.17) is 15.6 Å². The van der Waals surface area contributed by atoms with Crippen LogP contribution in [0.25, 0.3) is 10.8 Å². The fraction of sp³-hybridized carbons (Fsp3) is 0.226. The van der Waals surface area contributed by atoms with Crippen LogP contribution in [0.15, 0.2) is 96.1 Å². The molecule has 4 aromatic rings. The highest BCUT2D eigenvalue weighted by Crippen LogP contribution is 2.30. The van der Waals surface area contributed by atoms with Gasteiger partial charge in [0.25, 0.3) is 0 Å². The molecule has 0 aromatic heterocycles. The first-order valence-electron chi connectivity index (χ1n) is 12.7. The predicted molar refractivity (Wildman–Crippen MR) is 157 cm³/mol. The molecular formula is C31H33ClN4O2. The quantitative estimate of drug-likeness (QED) is 0.273. The van der Waals surface area contributed by atoms with Crippen LogP contribution >= 0.6 is 12.4 Å². The third-order valence-corrected chi connectivity index (χ3v) is 6.74. The molecule has 6 nitrogen and oxygen atoms in total. The molecule has 1 heterocycles. The van der Waals surface area contributed by atoms with Gasteiger partial charge in [-0.25, -0.2) is 9.80 Å². The van der Waals surface area contributed by atoms with E-state index in [-0.39, 0.29) is 18.4 Å². The molecule has 2 N–H and O–H groups in total. The molecule has 0 unspecified atom stereocenters. The SMILES string of the molecule is COc1ccc(CCC2=NN(CCCN)C(=O)N(Cc3ccc4ccccc4c3)c3ccccc32)cc1.Cl. The second kappa shape index (κ2) is 12.6. The van der Waals surface area contributed by atoms with Gasteiger partial charge >= 0.3 is 6.03 Å². The number of hydrazone groups is 1. The maximum Gasteiger partial charge on any atom is 0.345 e. The molecule has 4 aromatic carbocycles. The van der Waals surface area contributed by atoms with Crippen molar-refractivity contribution in [1.82, 2.24) is 5.01 Å². The van der Waals surface area contributed by atoms with Crippen LogP contribution < -0.4 is 15.4 Å². The Morgan fingerprint density at radius 2 is 1.55 bits per heavy atom. The van der Waals surface area contributed by atoms with E-state index < -0.39 is 0 Å². The molecule has 5 rings (SSSR count). The number of halogens is 1. The third kappa shape index (κ3) is 5.98. The maximum absolute atomic E-state index is 13.9. The van der Waals surface area contributed by atoms with Gasteiger partial charge in [0.1, 0.15) is 5.75 Å². The van der Waals surface area contributed by atoms with E-state index in [1.807, 2.05) is 47.4 Å². The first kappa shape index (κ1) is 27.2. The summed E-state index contributed by atoms with van der Waals surface area (Å²) in [6.45, 7) is 1.43. The molecule has 196 valence electrons.